The summed E-state index contributed by atoms with van der Waals surface area (Å²) in [5.74, 6) is 0.491. The third-order valence-corrected chi connectivity index (χ3v) is 4.16. The number of carbonyl (C=O) groups is 1. The van der Waals surface area contributed by atoms with Gasteiger partial charge in [-0.1, -0.05) is 35.0 Å². The maximum absolute atomic E-state index is 12.3. The summed E-state index contributed by atoms with van der Waals surface area (Å²) in [6.45, 7) is 0. The van der Waals surface area contributed by atoms with Crippen LogP contribution in [0.15, 0.2) is 77.6 Å². The van der Waals surface area contributed by atoms with E-state index in [4.69, 9.17) is 16.1 Å². The third-order valence-electron chi connectivity index (χ3n) is 3.83. The van der Waals surface area contributed by atoms with Gasteiger partial charge in [-0.2, -0.15) is 4.98 Å². The number of nitrogens with zero attached hydrogens (tertiary/aromatic N) is 3. The SMILES string of the molecule is O=C(Nc1cccc(-c2nc(-c3ccccc3Cl)no2)c1)c1cccnc1. The molecular weight excluding hydrogens is 364 g/mol. The van der Waals surface area contributed by atoms with Crippen molar-refractivity contribution >= 4 is 23.2 Å². The molecule has 0 aliphatic heterocycles. The smallest absolute Gasteiger partial charge is 0.258 e. The number of halogens is 1. The number of benzene rings is 2. The van der Waals surface area contributed by atoms with Gasteiger partial charge in [0.15, 0.2) is 0 Å². The molecule has 0 bridgehead atoms. The predicted octanol–water partition coefficient (Wildman–Crippen LogP) is 4.70. The van der Waals surface area contributed by atoms with E-state index in [0.717, 1.165) is 0 Å². The maximum atomic E-state index is 12.3. The van der Waals surface area contributed by atoms with Gasteiger partial charge in [-0.05, 0) is 42.5 Å². The van der Waals surface area contributed by atoms with E-state index in [-0.39, 0.29) is 5.91 Å². The van der Waals surface area contributed by atoms with Gasteiger partial charge in [-0.15, -0.1) is 0 Å². The van der Waals surface area contributed by atoms with Gasteiger partial charge < -0.3 is 9.84 Å². The molecule has 0 saturated carbocycles. The number of carbonyl (C=O) groups excluding carboxylic acids is 1. The molecular formula is C20H13ClN4O2. The van der Waals surface area contributed by atoms with Crippen LogP contribution in [-0.2, 0) is 0 Å². The Kier molecular flexibility index (Phi) is 4.63. The fraction of sp³-hybridized carbons (Fsp3) is 0. The molecule has 2 aromatic heterocycles. The van der Waals surface area contributed by atoms with Crippen LogP contribution in [-0.4, -0.2) is 21.0 Å². The average Bonchev–Trinajstić information content (AvgIpc) is 3.19. The van der Waals surface area contributed by atoms with Crippen LogP contribution in [0.3, 0.4) is 0 Å². The van der Waals surface area contributed by atoms with Crippen LogP contribution in [0.5, 0.6) is 0 Å². The highest BCUT2D eigenvalue weighted by Gasteiger charge is 2.14. The van der Waals surface area contributed by atoms with Crippen molar-refractivity contribution < 1.29 is 9.32 Å². The van der Waals surface area contributed by atoms with Gasteiger partial charge in [0, 0.05) is 29.2 Å². The minimum Gasteiger partial charge on any atom is -0.334 e. The van der Waals surface area contributed by atoms with E-state index in [1.807, 2.05) is 24.3 Å². The van der Waals surface area contributed by atoms with Crippen LogP contribution in [0.1, 0.15) is 10.4 Å². The molecule has 7 heteroatoms. The number of nitrogens with one attached hydrogen (secondary N) is 1. The van der Waals surface area contributed by atoms with Crippen molar-refractivity contribution in [2.24, 2.45) is 0 Å². The first-order valence-electron chi connectivity index (χ1n) is 8.11. The largest absolute Gasteiger partial charge is 0.334 e. The van der Waals surface area contributed by atoms with Crippen LogP contribution >= 0.6 is 11.6 Å². The number of rotatable bonds is 4. The lowest BCUT2D eigenvalue weighted by Crippen LogP contribution is -2.11. The van der Waals surface area contributed by atoms with Gasteiger partial charge in [0.2, 0.25) is 5.82 Å². The zero-order valence-electron chi connectivity index (χ0n) is 14.0. The van der Waals surface area contributed by atoms with Gasteiger partial charge in [0.1, 0.15) is 0 Å². The molecule has 0 aliphatic carbocycles. The molecule has 27 heavy (non-hydrogen) atoms. The van der Waals surface area contributed by atoms with Crippen molar-refractivity contribution in [1.82, 2.24) is 15.1 Å². The van der Waals surface area contributed by atoms with Crippen LogP contribution in [0.4, 0.5) is 5.69 Å². The number of pyridine rings is 1. The Bertz CT molecular complexity index is 1100. The van der Waals surface area contributed by atoms with Crippen molar-refractivity contribution in [1.29, 1.82) is 0 Å². The van der Waals surface area contributed by atoms with Crippen LogP contribution in [0, 0.1) is 0 Å². The van der Waals surface area contributed by atoms with Crippen molar-refractivity contribution in [3.63, 3.8) is 0 Å². The normalized spacial score (nSPS) is 10.6. The summed E-state index contributed by atoms with van der Waals surface area (Å²) in [4.78, 5) is 20.6. The molecule has 2 aromatic carbocycles. The zero-order valence-corrected chi connectivity index (χ0v) is 14.7. The number of aromatic nitrogens is 3. The van der Waals surface area contributed by atoms with E-state index in [2.05, 4.69) is 20.4 Å². The van der Waals surface area contributed by atoms with Crippen LogP contribution in [0.2, 0.25) is 5.02 Å². The molecule has 0 aliphatic rings. The summed E-state index contributed by atoms with van der Waals surface area (Å²) in [5, 5.41) is 7.37. The molecule has 4 rings (SSSR count). The van der Waals surface area contributed by atoms with Crippen molar-refractivity contribution in [3.05, 3.63) is 83.6 Å². The summed E-state index contributed by atoms with van der Waals surface area (Å²) < 4.78 is 5.36. The molecule has 2 heterocycles. The Morgan fingerprint density at radius 2 is 1.93 bits per heavy atom. The summed E-state index contributed by atoms with van der Waals surface area (Å²) in [5.41, 5.74) is 2.46. The highest BCUT2D eigenvalue weighted by atomic mass is 35.5. The standard InChI is InChI=1S/C20H13ClN4O2/c21-17-9-2-1-8-16(17)18-24-20(27-25-18)13-5-3-7-15(11-13)23-19(26)14-6-4-10-22-12-14/h1-12H,(H,23,26). The number of hydrogen-bond donors (Lipinski definition) is 1. The molecule has 0 saturated heterocycles. The monoisotopic (exact) mass is 376 g/mol. The van der Waals surface area contributed by atoms with Crippen molar-refractivity contribution in [2.45, 2.75) is 0 Å². The quantitative estimate of drug-likeness (QED) is 0.558. The first-order valence-corrected chi connectivity index (χ1v) is 8.49. The Morgan fingerprint density at radius 3 is 2.74 bits per heavy atom. The fourth-order valence-corrected chi connectivity index (χ4v) is 2.74. The molecule has 0 fully saturated rings. The van der Waals surface area contributed by atoms with E-state index in [0.29, 0.717) is 39.1 Å². The zero-order chi connectivity index (χ0) is 18.6. The second kappa shape index (κ2) is 7.39. The lowest BCUT2D eigenvalue weighted by Gasteiger charge is -2.05. The molecule has 1 amide bonds. The second-order valence-electron chi connectivity index (χ2n) is 5.68. The van der Waals surface area contributed by atoms with Gasteiger partial charge in [0.25, 0.3) is 11.8 Å². The summed E-state index contributed by atoms with van der Waals surface area (Å²) in [6, 6.07) is 17.8. The van der Waals surface area contributed by atoms with Gasteiger partial charge >= 0.3 is 0 Å². The molecule has 1 N–H and O–H groups in total. The minimum atomic E-state index is -0.248. The minimum absolute atomic E-state index is 0.248. The van der Waals surface area contributed by atoms with E-state index in [1.165, 1.54) is 6.20 Å². The Labute approximate surface area is 159 Å². The van der Waals surface area contributed by atoms with E-state index in [1.54, 1.807) is 42.6 Å². The number of anilines is 1. The highest BCUT2D eigenvalue weighted by Crippen LogP contribution is 2.28. The summed E-state index contributed by atoms with van der Waals surface area (Å²) in [6.07, 6.45) is 3.12. The first kappa shape index (κ1) is 16.9. The Morgan fingerprint density at radius 1 is 1.04 bits per heavy atom. The lowest BCUT2D eigenvalue weighted by molar-refractivity contribution is 0.102. The van der Waals surface area contributed by atoms with E-state index < -0.39 is 0 Å². The number of amides is 1. The van der Waals surface area contributed by atoms with Gasteiger partial charge in [-0.3, -0.25) is 9.78 Å². The van der Waals surface area contributed by atoms with Crippen LogP contribution < -0.4 is 5.32 Å². The fourth-order valence-electron chi connectivity index (χ4n) is 2.52. The predicted molar refractivity (Wildman–Crippen MR) is 102 cm³/mol. The topological polar surface area (TPSA) is 80.9 Å². The molecule has 0 radical (unpaired) electrons. The summed E-state index contributed by atoms with van der Waals surface area (Å²) >= 11 is 6.18. The lowest BCUT2D eigenvalue weighted by atomic mass is 10.2. The molecule has 0 atom stereocenters. The highest BCUT2D eigenvalue weighted by molar-refractivity contribution is 6.33. The molecule has 6 nitrogen and oxygen atoms in total. The van der Waals surface area contributed by atoms with Crippen molar-refractivity contribution in [3.8, 4) is 22.8 Å². The second-order valence-corrected chi connectivity index (χ2v) is 6.09. The molecule has 132 valence electrons. The van der Waals surface area contributed by atoms with Gasteiger partial charge in [0.05, 0.1) is 10.6 Å². The molecule has 4 aromatic rings. The average molecular weight is 377 g/mol. The Hall–Kier alpha value is -3.51. The van der Waals surface area contributed by atoms with E-state index in [9.17, 15) is 4.79 Å². The molecule has 0 unspecified atom stereocenters. The summed E-state index contributed by atoms with van der Waals surface area (Å²) in [7, 11) is 0. The third kappa shape index (κ3) is 3.70. The Balaban J connectivity index is 1.58. The van der Waals surface area contributed by atoms with Gasteiger partial charge in [-0.25, -0.2) is 0 Å². The van der Waals surface area contributed by atoms with E-state index >= 15 is 0 Å². The first-order chi connectivity index (χ1) is 13.2. The molecule has 0 spiro atoms. The maximum Gasteiger partial charge on any atom is 0.258 e. The van der Waals surface area contributed by atoms with Crippen molar-refractivity contribution in [2.75, 3.05) is 5.32 Å². The van der Waals surface area contributed by atoms with Crippen LogP contribution in [0.25, 0.3) is 22.8 Å². The number of hydrogen-bond acceptors (Lipinski definition) is 5.